The summed E-state index contributed by atoms with van der Waals surface area (Å²) in [7, 11) is 0. The lowest BCUT2D eigenvalue weighted by atomic mass is 10.2. The van der Waals surface area contributed by atoms with Crippen LogP contribution in [0, 0.1) is 0 Å². The average Bonchev–Trinajstić information content (AvgIpc) is 2.73. The Labute approximate surface area is 98.1 Å². The van der Waals surface area contributed by atoms with Gasteiger partial charge in [-0.2, -0.15) is 0 Å². The third kappa shape index (κ3) is 1.48. The molecule has 3 aromatic rings. The van der Waals surface area contributed by atoms with Crippen molar-refractivity contribution >= 4 is 22.5 Å². The molecule has 16 heavy (non-hydrogen) atoms. The first-order valence-electron chi connectivity index (χ1n) is 5.02. The van der Waals surface area contributed by atoms with E-state index < -0.39 is 0 Å². The second-order valence-corrected chi connectivity index (χ2v) is 4.01. The maximum absolute atomic E-state index is 6.00. The number of hydrogen-bond donors (Lipinski definition) is 0. The van der Waals surface area contributed by atoms with Gasteiger partial charge in [-0.1, -0.05) is 23.7 Å². The number of benzene rings is 1. The van der Waals surface area contributed by atoms with E-state index in [1.165, 1.54) is 0 Å². The van der Waals surface area contributed by atoms with Crippen LogP contribution in [-0.2, 0) is 0 Å². The van der Waals surface area contributed by atoms with Gasteiger partial charge in [0.1, 0.15) is 5.82 Å². The summed E-state index contributed by atoms with van der Waals surface area (Å²) in [6, 6.07) is 13.8. The molecule has 0 N–H and O–H groups in total. The lowest BCUT2D eigenvalue weighted by Crippen LogP contribution is -1.93. The van der Waals surface area contributed by atoms with E-state index in [0.717, 1.165) is 21.7 Å². The smallest absolute Gasteiger partial charge is 0.137 e. The van der Waals surface area contributed by atoms with E-state index in [0.29, 0.717) is 0 Å². The number of fused-ring (bicyclic) bond motifs is 1. The lowest BCUT2D eigenvalue weighted by Gasteiger charge is -2.03. The van der Waals surface area contributed by atoms with E-state index in [1.807, 2.05) is 47.2 Å². The number of nitrogens with zero attached hydrogens (tertiary/aromatic N) is 2. The second kappa shape index (κ2) is 3.65. The van der Waals surface area contributed by atoms with Crippen LogP contribution in [0.4, 0.5) is 0 Å². The first-order valence-corrected chi connectivity index (χ1v) is 5.40. The van der Waals surface area contributed by atoms with E-state index in [1.54, 1.807) is 6.20 Å². The molecule has 0 radical (unpaired) electrons. The topological polar surface area (TPSA) is 17.8 Å². The van der Waals surface area contributed by atoms with Gasteiger partial charge in [0.05, 0.1) is 5.52 Å². The zero-order chi connectivity index (χ0) is 11.0. The Bertz CT molecular complexity index is 629. The van der Waals surface area contributed by atoms with Crippen molar-refractivity contribution in [2.75, 3.05) is 0 Å². The SMILES string of the molecule is Clc1ccc2ccn(-c3ccccn3)c2c1. The van der Waals surface area contributed by atoms with E-state index in [4.69, 9.17) is 11.6 Å². The van der Waals surface area contributed by atoms with Crippen LogP contribution in [-0.4, -0.2) is 9.55 Å². The van der Waals surface area contributed by atoms with Crippen LogP contribution in [0.15, 0.2) is 54.9 Å². The van der Waals surface area contributed by atoms with Crippen molar-refractivity contribution in [2.24, 2.45) is 0 Å². The average molecular weight is 229 g/mol. The molecule has 0 aliphatic carbocycles. The van der Waals surface area contributed by atoms with E-state index in [-0.39, 0.29) is 0 Å². The Balaban J connectivity index is 2.29. The number of halogens is 1. The molecule has 0 amide bonds. The normalized spacial score (nSPS) is 10.8. The fraction of sp³-hybridized carbons (Fsp3) is 0. The molecule has 3 heteroatoms. The predicted octanol–water partition coefficient (Wildman–Crippen LogP) is 3.68. The predicted molar refractivity (Wildman–Crippen MR) is 66.1 cm³/mol. The number of pyridine rings is 1. The fourth-order valence-corrected chi connectivity index (χ4v) is 1.96. The molecule has 78 valence electrons. The lowest BCUT2D eigenvalue weighted by molar-refractivity contribution is 1.04. The van der Waals surface area contributed by atoms with Gasteiger partial charge in [0.15, 0.2) is 0 Å². The Hall–Kier alpha value is -1.80. The van der Waals surface area contributed by atoms with Crippen molar-refractivity contribution in [3.05, 3.63) is 59.9 Å². The largest absolute Gasteiger partial charge is 0.301 e. The van der Waals surface area contributed by atoms with Crippen molar-refractivity contribution in [1.82, 2.24) is 9.55 Å². The first-order chi connectivity index (χ1) is 7.84. The highest BCUT2D eigenvalue weighted by Gasteiger charge is 2.03. The molecule has 1 aromatic carbocycles. The van der Waals surface area contributed by atoms with Gasteiger partial charge in [-0.3, -0.25) is 0 Å². The third-order valence-corrected chi connectivity index (χ3v) is 2.79. The summed E-state index contributed by atoms with van der Waals surface area (Å²) in [4.78, 5) is 4.32. The number of rotatable bonds is 1. The van der Waals surface area contributed by atoms with Crippen LogP contribution in [0.1, 0.15) is 0 Å². The zero-order valence-electron chi connectivity index (χ0n) is 8.47. The van der Waals surface area contributed by atoms with Gasteiger partial charge in [0.25, 0.3) is 0 Å². The van der Waals surface area contributed by atoms with Crippen molar-refractivity contribution in [2.45, 2.75) is 0 Å². The van der Waals surface area contributed by atoms with Gasteiger partial charge in [0.2, 0.25) is 0 Å². The van der Waals surface area contributed by atoms with E-state index >= 15 is 0 Å². The summed E-state index contributed by atoms with van der Waals surface area (Å²) in [5.41, 5.74) is 1.08. The summed E-state index contributed by atoms with van der Waals surface area (Å²) in [5.74, 6) is 0.903. The summed E-state index contributed by atoms with van der Waals surface area (Å²) in [5, 5.41) is 1.90. The molecular weight excluding hydrogens is 220 g/mol. The quantitative estimate of drug-likeness (QED) is 0.621. The molecule has 0 saturated carbocycles. The number of hydrogen-bond acceptors (Lipinski definition) is 1. The molecule has 0 atom stereocenters. The molecular formula is C13H9ClN2. The molecule has 3 rings (SSSR count). The van der Waals surface area contributed by atoms with Crippen LogP contribution < -0.4 is 0 Å². The van der Waals surface area contributed by atoms with Crippen LogP contribution in [0.25, 0.3) is 16.7 Å². The number of aromatic nitrogens is 2. The molecule has 0 bridgehead atoms. The summed E-state index contributed by atoms with van der Waals surface area (Å²) in [6.07, 6.45) is 3.79. The maximum Gasteiger partial charge on any atom is 0.137 e. The monoisotopic (exact) mass is 228 g/mol. The second-order valence-electron chi connectivity index (χ2n) is 3.58. The van der Waals surface area contributed by atoms with Crippen LogP contribution in [0.3, 0.4) is 0 Å². The van der Waals surface area contributed by atoms with Gasteiger partial charge in [-0.15, -0.1) is 0 Å². The minimum Gasteiger partial charge on any atom is -0.301 e. The highest BCUT2D eigenvalue weighted by molar-refractivity contribution is 6.31. The van der Waals surface area contributed by atoms with Gasteiger partial charge < -0.3 is 4.57 Å². The third-order valence-electron chi connectivity index (χ3n) is 2.55. The maximum atomic E-state index is 6.00. The zero-order valence-corrected chi connectivity index (χ0v) is 9.22. The summed E-state index contributed by atoms with van der Waals surface area (Å²) in [6.45, 7) is 0. The van der Waals surface area contributed by atoms with Crippen LogP contribution in [0.5, 0.6) is 0 Å². The highest BCUT2D eigenvalue weighted by Crippen LogP contribution is 2.22. The summed E-state index contributed by atoms with van der Waals surface area (Å²) >= 11 is 6.00. The fourth-order valence-electron chi connectivity index (χ4n) is 1.80. The molecule has 0 unspecified atom stereocenters. The van der Waals surface area contributed by atoms with Crippen molar-refractivity contribution < 1.29 is 0 Å². The van der Waals surface area contributed by atoms with E-state index in [9.17, 15) is 0 Å². The Morgan fingerprint density at radius 3 is 2.81 bits per heavy atom. The van der Waals surface area contributed by atoms with E-state index in [2.05, 4.69) is 11.1 Å². The molecule has 2 aromatic heterocycles. The Morgan fingerprint density at radius 1 is 1.06 bits per heavy atom. The van der Waals surface area contributed by atoms with Crippen molar-refractivity contribution in [1.29, 1.82) is 0 Å². The molecule has 0 aliphatic heterocycles. The standard InChI is InChI=1S/C13H9ClN2/c14-11-5-4-10-6-8-16(12(10)9-11)13-3-1-2-7-15-13/h1-9H. The van der Waals surface area contributed by atoms with Gasteiger partial charge >= 0.3 is 0 Å². The molecule has 0 saturated heterocycles. The molecule has 0 fully saturated rings. The molecule has 0 spiro atoms. The minimum absolute atomic E-state index is 0.739. The molecule has 0 aliphatic rings. The molecule has 2 nitrogen and oxygen atoms in total. The van der Waals surface area contributed by atoms with Gasteiger partial charge in [-0.05, 0) is 30.3 Å². The highest BCUT2D eigenvalue weighted by atomic mass is 35.5. The molecule has 2 heterocycles. The van der Waals surface area contributed by atoms with Crippen molar-refractivity contribution in [3.8, 4) is 5.82 Å². The minimum atomic E-state index is 0.739. The summed E-state index contributed by atoms with van der Waals surface area (Å²) < 4.78 is 2.03. The Kier molecular flexibility index (Phi) is 2.15. The first kappa shape index (κ1) is 9.43. The van der Waals surface area contributed by atoms with Gasteiger partial charge in [-0.25, -0.2) is 4.98 Å². The van der Waals surface area contributed by atoms with Crippen molar-refractivity contribution in [3.63, 3.8) is 0 Å². The van der Waals surface area contributed by atoms with Crippen LogP contribution in [0.2, 0.25) is 5.02 Å². The Morgan fingerprint density at radius 2 is 2.00 bits per heavy atom. The van der Waals surface area contributed by atoms with Crippen LogP contribution >= 0.6 is 11.6 Å². The van der Waals surface area contributed by atoms with Gasteiger partial charge in [0, 0.05) is 22.8 Å².